The number of nitrogens with zero attached hydrogens (tertiary/aromatic N) is 7. The molecule has 0 N–H and O–H groups in total. The number of aromatic nitrogens is 7. The highest BCUT2D eigenvalue weighted by Gasteiger charge is 2.33. The fourth-order valence-electron chi connectivity index (χ4n) is 3.19. The SMILES string of the molecule is Cc1cc(C(F)(F)F)nc2sc3c(ncn4nc(C(C)n5cc(Cl)cn5)nc34)c12. The molecular formula is C17H11ClF3N7S. The number of aryl methyl sites for hydroxylation is 1. The lowest BCUT2D eigenvalue weighted by molar-refractivity contribution is -0.141. The van der Waals surface area contributed by atoms with Crippen molar-refractivity contribution >= 4 is 49.0 Å². The molecule has 0 aliphatic rings. The quantitative estimate of drug-likeness (QED) is 0.401. The molecule has 7 nitrogen and oxygen atoms in total. The zero-order valence-corrected chi connectivity index (χ0v) is 16.5. The van der Waals surface area contributed by atoms with Gasteiger partial charge in [-0.15, -0.1) is 16.4 Å². The van der Waals surface area contributed by atoms with Crippen LogP contribution >= 0.6 is 22.9 Å². The van der Waals surface area contributed by atoms with Gasteiger partial charge in [-0.05, 0) is 25.5 Å². The molecule has 0 fully saturated rings. The molecule has 0 amide bonds. The summed E-state index contributed by atoms with van der Waals surface area (Å²) in [5.41, 5.74) is 0.608. The zero-order valence-electron chi connectivity index (χ0n) is 14.9. The van der Waals surface area contributed by atoms with Crippen molar-refractivity contribution in [3.05, 3.63) is 46.9 Å². The molecule has 5 heterocycles. The predicted octanol–water partition coefficient (Wildman–Crippen LogP) is 4.67. The minimum absolute atomic E-state index is 0.268. The predicted molar refractivity (Wildman–Crippen MR) is 102 cm³/mol. The maximum atomic E-state index is 13.1. The molecule has 1 atom stereocenters. The Morgan fingerprint density at radius 2 is 2.03 bits per heavy atom. The second-order valence-electron chi connectivity index (χ2n) is 6.58. The minimum atomic E-state index is -4.51. The molecule has 12 heteroatoms. The van der Waals surface area contributed by atoms with Crippen LogP contribution in [0.5, 0.6) is 0 Å². The lowest BCUT2D eigenvalue weighted by atomic mass is 10.1. The standard InChI is InChI=1S/C17H11ClF3N7S/c1-7-3-10(17(19,20)21)24-16-11(7)12-13(29-16)15-25-14(26-28(15)6-22-12)8(2)27-5-9(18)4-23-27/h3-6,8H,1-2H3. The molecule has 148 valence electrons. The molecule has 0 aromatic carbocycles. The minimum Gasteiger partial charge on any atom is -0.261 e. The summed E-state index contributed by atoms with van der Waals surface area (Å²) in [6.07, 6.45) is 0.171. The summed E-state index contributed by atoms with van der Waals surface area (Å²) in [5, 5.41) is 9.70. The summed E-state index contributed by atoms with van der Waals surface area (Å²) >= 11 is 7.05. The van der Waals surface area contributed by atoms with Crippen LogP contribution in [0.4, 0.5) is 13.2 Å². The number of alkyl halides is 3. The van der Waals surface area contributed by atoms with E-state index in [4.69, 9.17) is 11.6 Å². The van der Waals surface area contributed by atoms with Crippen LogP contribution in [0, 0.1) is 6.92 Å². The third-order valence-electron chi connectivity index (χ3n) is 4.61. The average Bonchev–Trinajstić information content (AvgIpc) is 3.35. The first kappa shape index (κ1) is 18.3. The largest absolute Gasteiger partial charge is 0.433 e. The molecule has 0 aliphatic carbocycles. The fraction of sp³-hybridized carbons (Fsp3) is 0.235. The maximum Gasteiger partial charge on any atom is 0.433 e. The van der Waals surface area contributed by atoms with Crippen molar-refractivity contribution in [2.45, 2.75) is 26.1 Å². The first-order valence-electron chi connectivity index (χ1n) is 8.44. The van der Waals surface area contributed by atoms with Gasteiger partial charge < -0.3 is 0 Å². The first-order chi connectivity index (χ1) is 13.7. The maximum absolute atomic E-state index is 13.1. The smallest absolute Gasteiger partial charge is 0.261 e. The normalized spacial score (nSPS) is 13.7. The Kier molecular flexibility index (Phi) is 3.84. The molecule has 0 spiro atoms. The average molecular weight is 438 g/mol. The van der Waals surface area contributed by atoms with Gasteiger partial charge in [-0.2, -0.15) is 18.3 Å². The molecule has 1 unspecified atom stereocenters. The van der Waals surface area contributed by atoms with E-state index in [1.54, 1.807) is 17.8 Å². The fourth-order valence-corrected chi connectivity index (χ4v) is 4.52. The highest BCUT2D eigenvalue weighted by Crippen LogP contribution is 2.38. The number of halogens is 4. The third-order valence-corrected chi connectivity index (χ3v) is 5.88. The van der Waals surface area contributed by atoms with Gasteiger partial charge in [0.1, 0.15) is 27.6 Å². The molecular weight excluding hydrogens is 427 g/mol. The Labute approximate surface area is 169 Å². The van der Waals surface area contributed by atoms with Crippen molar-refractivity contribution in [1.29, 1.82) is 0 Å². The van der Waals surface area contributed by atoms with E-state index in [9.17, 15) is 13.2 Å². The molecule has 5 aromatic rings. The molecule has 0 aliphatic heterocycles. The van der Waals surface area contributed by atoms with E-state index in [-0.39, 0.29) is 10.9 Å². The number of pyridine rings is 1. The molecule has 5 rings (SSSR count). The first-order valence-corrected chi connectivity index (χ1v) is 9.64. The second-order valence-corrected chi connectivity index (χ2v) is 8.01. The Morgan fingerprint density at radius 3 is 2.72 bits per heavy atom. The molecule has 5 aromatic heterocycles. The third kappa shape index (κ3) is 2.84. The van der Waals surface area contributed by atoms with Crippen molar-refractivity contribution in [3.63, 3.8) is 0 Å². The van der Waals surface area contributed by atoms with Crippen molar-refractivity contribution in [2.24, 2.45) is 0 Å². The number of rotatable bonds is 2. The Balaban J connectivity index is 1.73. The molecule has 0 radical (unpaired) electrons. The Hall–Kier alpha value is -2.79. The number of hydrogen-bond donors (Lipinski definition) is 0. The summed E-state index contributed by atoms with van der Waals surface area (Å²) in [6.45, 7) is 3.49. The molecule has 0 bridgehead atoms. The Morgan fingerprint density at radius 1 is 1.24 bits per heavy atom. The summed E-state index contributed by atoms with van der Waals surface area (Å²) in [4.78, 5) is 13.1. The monoisotopic (exact) mass is 437 g/mol. The summed E-state index contributed by atoms with van der Waals surface area (Å²) in [5.74, 6) is 0.484. The van der Waals surface area contributed by atoms with Crippen molar-refractivity contribution in [3.8, 4) is 0 Å². The van der Waals surface area contributed by atoms with Gasteiger partial charge in [-0.1, -0.05) is 11.6 Å². The highest BCUT2D eigenvalue weighted by molar-refractivity contribution is 7.26. The zero-order chi connectivity index (χ0) is 20.5. The van der Waals surface area contributed by atoms with Crippen molar-refractivity contribution in [2.75, 3.05) is 0 Å². The van der Waals surface area contributed by atoms with Crippen LogP contribution in [-0.2, 0) is 6.18 Å². The topological polar surface area (TPSA) is 73.8 Å². The van der Waals surface area contributed by atoms with E-state index in [2.05, 4.69) is 25.1 Å². The van der Waals surface area contributed by atoms with Gasteiger partial charge in [0.2, 0.25) is 0 Å². The lowest BCUT2D eigenvalue weighted by Gasteiger charge is -2.06. The lowest BCUT2D eigenvalue weighted by Crippen LogP contribution is -2.09. The summed E-state index contributed by atoms with van der Waals surface area (Å²) < 4.78 is 43.2. The summed E-state index contributed by atoms with van der Waals surface area (Å²) in [7, 11) is 0. The van der Waals surface area contributed by atoms with E-state index in [1.165, 1.54) is 17.0 Å². The number of fused-ring (bicyclic) bond motifs is 5. The van der Waals surface area contributed by atoms with E-state index in [1.807, 2.05) is 6.92 Å². The van der Waals surface area contributed by atoms with E-state index in [0.29, 0.717) is 37.7 Å². The van der Waals surface area contributed by atoms with Crippen molar-refractivity contribution in [1.82, 2.24) is 34.3 Å². The molecule has 29 heavy (non-hydrogen) atoms. The number of hydrogen-bond acceptors (Lipinski definition) is 6. The molecule has 0 saturated heterocycles. The van der Waals surface area contributed by atoms with Gasteiger partial charge in [-0.25, -0.2) is 19.5 Å². The van der Waals surface area contributed by atoms with Gasteiger partial charge in [0.05, 0.1) is 16.7 Å². The van der Waals surface area contributed by atoms with Crippen LogP contribution in [0.15, 0.2) is 24.8 Å². The van der Waals surface area contributed by atoms with Gasteiger partial charge in [0, 0.05) is 11.6 Å². The van der Waals surface area contributed by atoms with E-state index >= 15 is 0 Å². The van der Waals surface area contributed by atoms with Crippen molar-refractivity contribution < 1.29 is 13.2 Å². The van der Waals surface area contributed by atoms with Crippen LogP contribution < -0.4 is 0 Å². The van der Waals surface area contributed by atoms with Crippen LogP contribution in [0.1, 0.15) is 30.0 Å². The highest BCUT2D eigenvalue weighted by atomic mass is 35.5. The summed E-state index contributed by atoms with van der Waals surface area (Å²) in [6, 6.07) is 0.752. The van der Waals surface area contributed by atoms with Crippen LogP contribution in [0.3, 0.4) is 0 Å². The van der Waals surface area contributed by atoms with Crippen LogP contribution in [-0.4, -0.2) is 34.3 Å². The van der Waals surface area contributed by atoms with Crippen LogP contribution in [0.25, 0.3) is 26.1 Å². The van der Waals surface area contributed by atoms with Gasteiger partial charge >= 0.3 is 6.18 Å². The van der Waals surface area contributed by atoms with Gasteiger partial charge in [0.15, 0.2) is 11.5 Å². The van der Waals surface area contributed by atoms with E-state index in [0.717, 1.165) is 17.4 Å². The van der Waals surface area contributed by atoms with Gasteiger partial charge in [0.25, 0.3) is 0 Å². The Bertz CT molecular complexity index is 1400. The number of thiophene rings is 1. The molecule has 0 saturated carbocycles. The van der Waals surface area contributed by atoms with Gasteiger partial charge in [-0.3, -0.25) is 4.68 Å². The van der Waals surface area contributed by atoms with E-state index < -0.39 is 11.9 Å². The second kappa shape index (κ2) is 6.10. The van der Waals surface area contributed by atoms with Crippen LogP contribution in [0.2, 0.25) is 5.02 Å².